The summed E-state index contributed by atoms with van der Waals surface area (Å²) in [6, 6.07) is 9.57. The minimum atomic E-state index is -4.71. The first kappa shape index (κ1) is 30.9. The monoisotopic (exact) mass is 557 g/mol. The highest BCUT2D eigenvalue weighted by atomic mass is 32.2. The van der Waals surface area contributed by atoms with Crippen molar-refractivity contribution in [1.82, 2.24) is 10.2 Å². The third-order valence-electron chi connectivity index (χ3n) is 5.51. The molecule has 2 rings (SSSR count). The van der Waals surface area contributed by atoms with Gasteiger partial charge in [-0.15, -0.1) is 0 Å². The molecule has 0 spiro atoms. The summed E-state index contributed by atoms with van der Waals surface area (Å²) in [5.41, 5.74) is -1.36. The number of anilines is 1. The van der Waals surface area contributed by atoms with Gasteiger partial charge in [0.2, 0.25) is 21.8 Å². The first-order valence-corrected chi connectivity index (χ1v) is 13.7. The van der Waals surface area contributed by atoms with Crippen LogP contribution >= 0.6 is 0 Å². The first-order valence-electron chi connectivity index (χ1n) is 11.9. The second-order valence-electron chi connectivity index (χ2n) is 9.85. The van der Waals surface area contributed by atoms with Crippen LogP contribution in [-0.2, 0) is 32.3 Å². The number of amides is 2. The van der Waals surface area contributed by atoms with Crippen molar-refractivity contribution < 1.29 is 35.9 Å². The Labute approximate surface area is 221 Å². The van der Waals surface area contributed by atoms with E-state index in [9.17, 15) is 31.2 Å². The number of carbonyl (C=O) groups is 2. The van der Waals surface area contributed by atoms with Gasteiger partial charge in [-0.05, 0) is 63.1 Å². The lowest BCUT2D eigenvalue weighted by Crippen LogP contribution is -2.55. The number of ether oxygens (including phenoxy) is 1. The van der Waals surface area contributed by atoms with E-state index in [2.05, 4.69) is 5.32 Å². The fraction of sp³-hybridized carbons (Fsp3) is 0.462. The number of alkyl halides is 3. The van der Waals surface area contributed by atoms with Crippen LogP contribution in [0.15, 0.2) is 48.5 Å². The van der Waals surface area contributed by atoms with Gasteiger partial charge in [-0.25, -0.2) is 8.42 Å². The van der Waals surface area contributed by atoms with Crippen molar-refractivity contribution in [3.8, 4) is 5.75 Å². The van der Waals surface area contributed by atoms with Crippen molar-refractivity contribution >= 4 is 27.5 Å². The van der Waals surface area contributed by atoms with Crippen LogP contribution in [0.3, 0.4) is 0 Å². The van der Waals surface area contributed by atoms with Crippen molar-refractivity contribution in [2.75, 3.05) is 24.2 Å². The lowest BCUT2D eigenvalue weighted by Gasteiger charge is -2.34. The first-order chi connectivity index (χ1) is 17.5. The molecule has 0 aliphatic heterocycles. The molecule has 38 heavy (non-hydrogen) atoms. The zero-order chi connectivity index (χ0) is 28.9. The van der Waals surface area contributed by atoms with E-state index in [0.29, 0.717) is 21.7 Å². The third kappa shape index (κ3) is 8.64. The molecule has 0 saturated heterocycles. The van der Waals surface area contributed by atoms with Crippen LogP contribution in [0.25, 0.3) is 0 Å². The average Bonchev–Trinajstić information content (AvgIpc) is 2.80. The molecule has 1 atom stereocenters. The molecular formula is C26H34F3N3O5S. The molecule has 1 N–H and O–H groups in total. The highest BCUT2D eigenvalue weighted by Crippen LogP contribution is 2.32. The van der Waals surface area contributed by atoms with E-state index in [1.807, 2.05) is 0 Å². The lowest BCUT2D eigenvalue weighted by molar-refractivity contribution is -0.141. The van der Waals surface area contributed by atoms with Gasteiger partial charge < -0.3 is 15.0 Å². The van der Waals surface area contributed by atoms with Gasteiger partial charge in [0, 0.05) is 12.1 Å². The highest BCUT2D eigenvalue weighted by molar-refractivity contribution is 7.92. The van der Waals surface area contributed by atoms with E-state index in [-0.39, 0.29) is 18.7 Å². The molecule has 0 saturated carbocycles. The Morgan fingerprint density at radius 1 is 1.05 bits per heavy atom. The predicted octanol–water partition coefficient (Wildman–Crippen LogP) is 4.20. The summed E-state index contributed by atoms with van der Waals surface area (Å²) in [5.74, 6) is -0.684. The van der Waals surface area contributed by atoms with Gasteiger partial charge >= 0.3 is 6.18 Å². The van der Waals surface area contributed by atoms with Crippen molar-refractivity contribution in [3.05, 3.63) is 59.7 Å². The van der Waals surface area contributed by atoms with Crippen molar-refractivity contribution in [3.63, 3.8) is 0 Å². The van der Waals surface area contributed by atoms with Gasteiger partial charge in [0.25, 0.3) is 0 Å². The van der Waals surface area contributed by atoms with E-state index in [1.54, 1.807) is 52.0 Å². The molecule has 0 bridgehead atoms. The summed E-state index contributed by atoms with van der Waals surface area (Å²) in [4.78, 5) is 28.1. The fourth-order valence-electron chi connectivity index (χ4n) is 3.79. The second-order valence-corrected chi connectivity index (χ2v) is 11.8. The Morgan fingerprint density at radius 3 is 2.21 bits per heavy atom. The number of sulfonamides is 1. The Morgan fingerprint density at radius 2 is 1.68 bits per heavy atom. The molecule has 0 unspecified atom stereocenters. The maximum Gasteiger partial charge on any atom is 0.416 e. The molecule has 0 fully saturated rings. The smallest absolute Gasteiger partial charge is 0.416 e. The van der Waals surface area contributed by atoms with Gasteiger partial charge in [-0.2, -0.15) is 13.2 Å². The van der Waals surface area contributed by atoms with E-state index >= 15 is 0 Å². The number of rotatable bonds is 10. The topological polar surface area (TPSA) is 96.0 Å². The van der Waals surface area contributed by atoms with Crippen LogP contribution in [0, 0.1) is 0 Å². The van der Waals surface area contributed by atoms with Crippen molar-refractivity contribution in [1.29, 1.82) is 0 Å². The number of nitrogens with one attached hydrogen (secondary N) is 1. The van der Waals surface area contributed by atoms with Crippen LogP contribution in [0.4, 0.5) is 18.9 Å². The van der Waals surface area contributed by atoms with Gasteiger partial charge in [0.1, 0.15) is 18.3 Å². The summed E-state index contributed by atoms with van der Waals surface area (Å²) < 4.78 is 71.0. The van der Waals surface area contributed by atoms with Gasteiger partial charge in [-0.3, -0.25) is 13.9 Å². The Bertz CT molecular complexity index is 1240. The molecule has 0 aliphatic carbocycles. The van der Waals surface area contributed by atoms with E-state index in [0.717, 1.165) is 18.4 Å². The van der Waals surface area contributed by atoms with E-state index < -0.39 is 51.7 Å². The van der Waals surface area contributed by atoms with E-state index in [4.69, 9.17) is 4.74 Å². The summed E-state index contributed by atoms with van der Waals surface area (Å²) in [6.45, 7) is 6.19. The SMILES string of the molecule is CC[C@H](C(=O)NC(C)(C)C)N(Cc1cccc(OC)c1)C(=O)CN(c1cccc(C(F)(F)F)c1)S(C)(=O)=O. The summed E-state index contributed by atoms with van der Waals surface area (Å²) >= 11 is 0. The minimum Gasteiger partial charge on any atom is -0.497 e. The molecule has 12 heteroatoms. The molecule has 8 nitrogen and oxygen atoms in total. The third-order valence-corrected chi connectivity index (χ3v) is 6.65. The standard InChI is InChI=1S/C26H34F3N3O5S/c1-7-22(24(34)30-25(2,3)4)31(16-18-10-8-13-21(14-18)37-5)23(33)17-32(38(6,35)36)20-12-9-11-19(15-20)26(27,28)29/h8-15,22H,7,16-17H2,1-6H3,(H,30,34)/t22-/m1/s1. The zero-order valence-electron chi connectivity index (χ0n) is 22.3. The highest BCUT2D eigenvalue weighted by Gasteiger charge is 2.35. The van der Waals surface area contributed by atoms with Crippen LogP contribution < -0.4 is 14.4 Å². The average molecular weight is 558 g/mol. The number of methoxy groups -OCH3 is 1. The number of hydrogen-bond acceptors (Lipinski definition) is 5. The van der Waals surface area contributed by atoms with Crippen LogP contribution in [0.1, 0.15) is 45.2 Å². The molecule has 2 aromatic carbocycles. The van der Waals surface area contributed by atoms with E-state index in [1.165, 1.54) is 18.1 Å². The maximum absolute atomic E-state index is 13.7. The van der Waals surface area contributed by atoms with Gasteiger partial charge in [0.15, 0.2) is 0 Å². The largest absolute Gasteiger partial charge is 0.497 e. The minimum absolute atomic E-state index is 0.0632. The molecule has 2 amide bonds. The Hall–Kier alpha value is -3.28. The molecule has 0 radical (unpaired) electrons. The Kier molecular flexibility index (Phi) is 9.82. The number of benzene rings is 2. The normalized spacial score (nSPS) is 13.0. The van der Waals surface area contributed by atoms with Gasteiger partial charge in [-0.1, -0.05) is 25.1 Å². The molecule has 2 aromatic rings. The summed E-state index contributed by atoms with van der Waals surface area (Å²) in [7, 11) is -2.70. The van der Waals surface area contributed by atoms with Gasteiger partial charge in [0.05, 0.1) is 24.6 Å². The Balaban J connectivity index is 2.53. The summed E-state index contributed by atoms with van der Waals surface area (Å²) in [5, 5.41) is 2.84. The number of nitrogens with zero attached hydrogens (tertiary/aromatic N) is 2. The van der Waals surface area contributed by atoms with Crippen molar-refractivity contribution in [2.45, 2.75) is 58.4 Å². The van der Waals surface area contributed by atoms with Crippen LogP contribution in [-0.4, -0.2) is 56.6 Å². The fourth-order valence-corrected chi connectivity index (χ4v) is 4.63. The maximum atomic E-state index is 13.7. The number of hydrogen-bond donors (Lipinski definition) is 1. The summed E-state index contributed by atoms with van der Waals surface area (Å²) in [6.07, 6.45) is -3.70. The number of carbonyl (C=O) groups excluding carboxylic acids is 2. The molecular weight excluding hydrogens is 523 g/mol. The van der Waals surface area contributed by atoms with Crippen LogP contribution in [0.5, 0.6) is 5.75 Å². The second kappa shape index (κ2) is 12.1. The predicted molar refractivity (Wildman–Crippen MR) is 139 cm³/mol. The number of halogens is 3. The quantitative estimate of drug-likeness (QED) is 0.473. The molecule has 210 valence electrons. The van der Waals surface area contributed by atoms with Crippen molar-refractivity contribution in [2.24, 2.45) is 0 Å². The van der Waals surface area contributed by atoms with Crippen LogP contribution in [0.2, 0.25) is 0 Å². The molecule has 0 aromatic heterocycles. The molecule has 0 heterocycles. The lowest BCUT2D eigenvalue weighted by atomic mass is 10.1. The molecule has 0 aliphatic rings. The zero-order valence-corrected chi connectivity index (χ0v) is 23.1.